The summed E-state index contributed by atoms with van der Waals surface area (Å²) in [4.78, 5) is 4.10. The van der Waals surface area contributed by atoms with E-state index < -0.39 is 0 Å². The van der Waals surface area contributed by atoms with Gasteiger partial charge in [0.15, 0.2) is 0 Å². The number of halogens is 1. The molecule has 82 valence electrons. The van der Waals surface area contributed by atoms with Crippen molar-refractivity contribution in [3.05, 3.63) is 22.4 Å². The third kappa shape index (κ3) is 3.23. The summed E-state index contributed by atoms with van der Waals surface area (Å²) in [6.45, 7) is 6.36. The molecule has 3 nitrogen and oxygen atoms in total. The first-order chi connectivity index (χ1) is 6.81. The van der Waals surface area contributed by atoms with Gasteiger partial charge in [-0.25, -0.2) is 4.98 Å². The number of anilines is 2. The first kappa shape index (κ1) is 12.0. The fraction of sp³-hybridized carbons (Fsp3) is 0.364. The van der Waals surface area contributed by atoms with Crippen molar-refractivity contribution < 1.29 is 0 Å². The van der Waals surface area contributed by atoms with Gasteiger partial charge in [0, 0.05) is 11.8 Å². The number of hydrogen-bond acceptors (Lipinski definition) is 3. The molecule has 0 saturated heterocycles. The van der Waals surface area contributed by atoms with Crippen LogP contribution in [0.25, 0.3) is 6.08 Å². The standard InChI is InChI=1S/C11H16BrN3/c1-11(2,3)5-4-7-6-15-10(12)9(14)8(7)13/h4-6H,14H2,1-3H3,(H2,13,15)/b5-4+. The van der Waals surface area contributed by atoms with E-state index in [4.69, 9.17) is 11.5 Å². The molecule has 0 radical (unpaired) electrons. The van der Waals surface area contributed by atoms with Gasteiger partial charge in [-0.1, -0.05) is 32.9 Å². The zero-order valence-corrected chi connectivity index (χ0v) is 10.8. The van der Waals surface area contributed by atoms with Crippen LogP contribution in [0.3, 0.4) is 0 Å². The Labute approximate surface area is 98.7 Å². The molecule has 0 aromatic carbocycles. The van der Waals surface area contributed by atoms with Gasteiger partial charge >= 0.3 is 0 Å². The lowest BCUT2D eigenvalue weighted by molar-refractivity contribution is 0.547. The lowest BCUT2D eigenvalue weighted by Crippen LogP contribution is -2.01. The molecule has 1 heterocycles. The van der Waals surface area contributed by atoms with Crippen LogP contribution in [-0.2, 0) is 0 Å². The molecule has 0 aliphatic carbocycles. The third-order valence-electron chi connectivity index (χ3n) is 1.90. The van der Waals surface area contributed by atoms with E-state index in [2.05, 4.69) is 47.8 Å². The number of aromatic nitrogens is 1. The Morgan fingerprint density at radius 2 is 1.87 bits per heavy atom. The molecular formula is C11H16BrN3. The van der Waals surface area contributed by atoms with E-state index in [-0.39, 0.29) is 5.41 Å². The SMILES string of the molecule is CC(C)(C)/C=C/c1cnc(Br)c(N)c1N. The summed E-state index contributed by atoms with van der Waals surface area (Å²) >= 11 is 3.23. The van der Waals surface area contributed by atoms with Crippen molar-refractivity contribution in [2.45, 2.75) is 20.8 Å². The molecule has 15 heavy (non-hydrogen) atoms. The molecule has 0 amide bonds. The van der Waals surface area contributed by atoms with Gasteiger partial charge in [-0.2, -0.15) is 0 Å². The highest BCUT2D eigenvalue weighted by atomic mass is 79.9. The number of hydrogen-bond donors (Lipinski definition) is 2. The Kier molecular flexibility index (Phi) is 3.39. The number of pyridine rings is 1. The van der Waals surface area contributed by atoms with E-state index in [9.17, 15) is 0 Å². The zero-order valence-electron chi connectivity index (χ0n) is 9.21. The van der Waals surface area contributed by atoms with Crippen LogP contribution in [0, 0.1) is 5.41 Å². The minimum atomic E-state index is 0.119. The second kappa shape index (κ2) is 4.23. The number of nitrogens with zero attached hydrogens (tertiary/aromatic N) is 1. The molecule has 0 unspecified atom stereocenters. The van der Waals surface area contributed by atoms with Crippen LogP contribution in [0.1, 0.15) is 26.3 Å². The smallest absolute Gasteiger partial charge is 0.131 e. The highest BCUT2D eigenvalue weighted by Gasteiger charge is 2.07. The summed E-state index contributed by atoms with van der Waals surface area (Å²) in [6, 6.07) is 0. The van der Waals surface area contributed by atoms with Crippen LogP contribution in [0.15, 0.2) is 16.9 Å². The number of rotatable bonds is 1. The van der Waals surface area contributed by atoms with Crippen molar-refractivity contribution in [3.8, 4) is 0 Å². The van der Waals surface area contributed by atoms with Crippen molar-refractivity contribution in [2.75, 3.05) is 11.5 Å². The topological polar surface area (TPSA) is 64.9 Å². The van der Waals surface area contributed by atoms with Crippen LogP contribution in [0.4, 0.5) is 11.4 Å². The van der Waals surface area contributed by atoms with Crippen molar-refractivity contribution in [1.82, 2.24) is 4.98 Å². The molecule has 0 aliphatic rings. The van der Waals surface area contributed by atoms with Crippen molar-refractivity contribution >= 4 is 33.4 Å². The zero-order chi connectivity index (χ0) is 11.6. The van der Waals surface area contributed by atoms with Gasteiger partial charge in [-0.05, 0) is 21.3 Å². The summed E-state index contributed by atoms with van der Waals surface area (Å²) in [5, 5.41) is 0. The average Bonchev–Trinajstić information content (AvgIpc) is 2.12. The maximum Gasteiger partial charge on any atom is 0.131 e. The van der Waals surface area contributed by atoms with Gasteiger partial charge in [0.2, 0.25) is 0 Å². The third-order valence-corrected chi connectivity index (χ3v) is 2.54. The Morgan fingerprint density at radius 3 is 2.40 bits per heavy atom. The van der Waals surface area contributed by atoms with E-state index in [0.717, 1.165) is 5.56 Å². The van der Waals surface area contributed by atoms with E-state index in [1.165, 1.54) is 0 Å². The van der Waals surface area contributed by atoms with Crippen LogP contribution in [0.5, 0.6) is 0 Å². The molecule has 4 heteroatoms. The largest absolute Gasteiger partial charge is 0.396 e. The fourth-order valence-electron chi connectivity index (χ4n) is 1.00. The van der Waals surface area contributed by atoms with Crippen LogP contribution < -0.4 is 11.5 Å². The Morgan fingerprint density at radius 1 is 1.27 bits per heavy atom. The van der Waals surface area contributed by atoms with Gasteiger partial charge in [-0.3, -0.25) is 0 Å². The molecular weight excluding hydrogens is 254 g/mol. The molecule has 0 atom stereocenters. The lowest BCUT2D eigenvalue weighted by Gasteiger charge is -2.12. The Bertz CT molecular complexity index is 392. The van der Waals surface area contributed by atoms with Crippen molar-refractivity contribution in [2.24, 2.45) is 5.41 Å². The van der Waals surface area contributed by atoms with E-state index in [0.29, 0.717) is 16.0 Å². The first-order valence-corrected chi connectivity index (χ1v) is 5.49. The number of allylic oxidation sites excluding steroid dienone is 1. The monoisotopic (exact) mass is 269 g/mol. The number of nitrogen functional groups attached to an aromatic ring is 2. The first-order valence-electron chi connectivity index (χ1n) is 4.70. The van der Waals surface area contributed by atoms with E-state index in [1.807, 2.05) is 6.08 Å². The summed E-state index contributed by atoms with van der Waals surface area (Å²) in [5.41, 5.74) is 13.7. The summed E-state index contributed by atoms with van der Waals surface area (Å²) in [6.07, 6.45) is 5.73. The minimum absolute atomic E-state index is 0.119. The second-order valence-electron chi connectivity index (χ2n) is 4.53. The van der Waals surface area contributed by atoms with Gasteiger partial charge < -0.3 is 11.5 Å². The quantitative estimate of drug-likeness (QED) is 0.771. The predicted molar refractivity (Wildman–Crippen MR) is 69.3 cm³/mol. The Hall–Kier alpha value is -1.03. The normalized spacial score (nSPS) is 12.3. The molecule has 0 aliphatic heterocycles. The molecule has 1 aromatic rings. The summed E-state index contributed by atoms with van der Waals surface area (Å²) in [7, 11) is 0. The van der Waals surface area contributed by atoms with Crippen molar-refractivity contribution in [3.63, 3.8) is 0 Å². The highest BCUT2D eigenvalue weighted by Crippen LogP contribution is 2.28. The number of nitrogens with two attached hydrogens (primary N) is 2. The van der Waals surface area contributed by atoms with E-state index in [1.54, 1.807) is 6.20 Å². The lowest BCUT2D eigenvalue weighted by atomic mass is 9.95. The maximum absolute atomic E-state index is 5.87. The van der Waals surface area contributed by atoms with Gasteiger partial charge in [-0.15, -0.1) is 0 Å². The van der Waals surface area contributed by atoms with Gasteiger partial charge in [0.1, 0.15) is 4.60 Å². The van der Waals surface area contributed by atoms with Crippen LogP contribution in [0.2, 0.25) is 0 Å². The van der Waals surface area contributed by atoms with Gasteiger partial charge in [0.05, 0.1) is 11.4 Å². The average molecular weight is 270 g/mol. The summed E-state index contributed by atoms with van der Waals surface area (Å²) < 4.78 is 0.591. The van der Waals surface area contributed by atoms with E-state index >= 15 is 0 Å². The van der Waals surface area contributed by atoms with Crippen molar-refractivity contribution in [1.29, 1.82) is 0 Å². The fourth-order valence-corrected chi connectivity index (χ4v) is 1.32. The molecule has 1 aromatic heterocycles. The molecule has 4 N–H and O–H groups in total. The molecule has 0 spiro atoms. The predicted octanol–water partition coefficient (Wildman–Crippen LogP) is 3.07. The minimum Gasteiger partial charge on any atom is -0.396 e. The molecule has 0 saturated carbocycles. The molecule has 0 fully saturated rings. The highest BCUT2D eigenvalue weighted by molar-refractivity contribution is 9.10. The maximum atomic E-state index is 5.87. The molecule has 0 bridgehead atoms. The summed E-state index contributed by atoms with van der Waals surface area (Å²) in [5.74, 6) is 0. The second-order valence-corrected chi connectivity index (χ2v) is 5.28. The Balaban J connectivity index is 3.08. The van der Waals surface area contributed by atoms with Crippen LogP contribution >= 0.6 is 15.9 Å². The molecule has 1 rings (SSSR count). The van der Waals surface area contributed by atoms with Crippen LogP contribution in [-0.4, -0.2) is 4.98 Å². The van der Waals surface area contributed by atoms with Gasteiger partial charge in [0.25, 0.3) is 0 Å².